The van der Waals surface area contributed by atoms with Crippen LogP contribution in [0.2, 0.25) is 0 Å². The number of rotatable bonds is 5. The van der Waals surface area contributed by atoms with E-state index in [0.29, 0.717) is 0 Å². The number of hydrogen-bond acceptors (Lipinski definition) is 3. The van der Waals surface area contributed by atoms with Crippen molar-refractivity contribution in [1.29, 1.82) is 0 Å². The Morgan fingerprint density at radius 3 is 2.39 bits per heavy atom. The highest BCUT2D eigenvalue weighted by Crippen LogP contribution is 2.18. The highest BCUT2D eigenvalue weighted by atomic mass is 32.2. The number of nitrogens with one attached hydrogen (secondary N) is 2. The maximum Gasteiger partial charge on any atom is 0.251 e. The monoisotopic (exact) mass is 336 g/mol. The Balaban J connectivity index is 2.18. The first-order chi connectivity index (χ1) is 10.8. The third-order valence-corrected chi connectivity index (χ3v) is 3.76. The topological polar surface area (TPSA) is 75.3 Å². The normalized spacial score (nSPS) is 12.5. The summed E-state index contributed by atoms with van der Waals surface area (Å²) in [6.07, 6.45) is 0.913. The van der Waals surface area contributed by atoms with Crippen LogP contribution in [0.25, 0.3) is 0 Å². The molecule has 2 aromatic rings. The van der Waals surface area contributed by atoms with Gasteiger partial charge < -0.3 is 5.32 Å². The number of sulfonamides is 1. The van der Waals surface area contributed by atoms with E-state index in [-0.39, 0.29) is 17.3 Å². The molecule has 0 heterocycles. The SMILES string of the molecule is C[C@@H](NC(=O)c1ccc(F)c(NS(C)(=O)=O)c1)c1ccccc1. The predicted octanol–water partition coefficient (Wildman–Crippen LogP) is 2.69. The van der Waals surface area contributed by atoms with Gasteiger partial charge in [0.05, 0.1) is 18.0 Å². The lowest BCUT2D eigenvalue weighted by atomic mass is 10.1. The zero-order valence-corrected chi connectivity index (χ0v) is 13.5. The fourth-order valence-electron chi connectivity index (χ4n) is 2.05. The first-order valence-electron chi connectivity index (χ1n) is 6.89. The number of anilines is 1. The zero-order chi connectivity index (χ0) is 17.0. The summed E-state index contributed by atoms with van der Waals surface area (Å²) in [6, 6.07) is 12.7. The van der Waals surface area contributed by atoms with Crippen LogP contribution in [0.4, 0.5) is 10.1 Å². The Hall–Kier alpha value is -2.41. The number of benzene rings is 2. The number of carbonyl (C=O) groups is 1. The van der Waals surface area contributed by atoms with Gasteiger partial charge >= 0.3 is 0 Å². The third kappa shape index (κ3) is 4.79. The van der Waals surface area contributed by atoms with Crippen LogP contribution in [0.3, 0.4) is 0 Å². The minimum absolute atomic E-state index is 0.167. The number of carbonyl (C=O) groups excluding carboxylic acids is 1. The molecule has 2 N–H and O–H groups in total. The van der Waals surface area contributed by atoms with Crippen molar-refractivity contribution in [3.05, 3.63) is 65.5 Å². The minimum atomic E-state index is -3.63. The van der Waals surface area contributed by atoms with Gasteiger partial charge in [0, 0.05) is 5.56 Å². The van der Waals surface area contributed by atoms with Crippen LogP contribution in [-0.4, -0.2) is 20.6 Å². The lowest BCUT2D eigenvalue weighted by Crippen LogP contribution is -2.26. The molecule has 0 unspecified atom stereocenters. The summed E-state index contributed by atoms with van der Waals surface area (Å²) in [6.45, 7) is 1.83. The van der Waals surface area contributed by atoms with Gasteiger partial charge in [0.2, 0.25) is 10.0 Å². The molecule has 5 nitrogen and oxygen atoms in total. The van der Waals surface area contributed by atoms with Gasteiger partial charge in [-0.2, -0.15) is 0 Å². The Morgan fingerprint density at radius 1 is 1.13 bits per heavy atom. The Bertz CT molecular complexity index is 807. The third-order valence-electron chi connectivity index (χ3n) is 3.17. The quantitative estimate of drug-likeness (QED) is 0.881. The van der Waals surface area contributed by atoms with Crippen LogP contribution in [-0.2, 0) is 10.0 Å². The predicted molar refractivity (Wildman–Crippen MR) is 87.2 cm³/mol. The van der Waals surface area contributed by atoms with Crippen molar-refractivity contribution in [3.8, 4) is 0 Å². The Morgan fingerprint density at radius 2 is 1.78 bits per heavy atom. The summed E-state index contributed by atoms with van der Waals surface area (Å²) in [5.41, 5.74) is 0.838. The molecule has 0 saturated heterocycles. The van der Waals surface area contributed by atoms with E-state index in [1.165, 1.54) is 12.1 Å². The van der Waals surface area contributed by atoms with E-state index >= 15 is 0 Å². The Labute approximate surface area is 134 Å². The van der Waals surface area contributed by atoms with Crippen LogP contribution >= 0.6 is 0 Å². The van der Waals surface area contributed by atoms with Crippen molar-refractivity contribution >= 4 is 21.6 Å². The molecule has 0 fully saturated rings. The fraction of sp³-hybridized carbons (Fsp3) is 0.188. The molecule has 0 aliphatic heterocycles. The van der Waals surface area contributed by atoms with Crippen molar-refractivity contribution < 1.29 is 17.6 Å². The second-order valence-corrected chi connectivity index (χ2v) is 6.92. The molecule has 0 aliphatic rings. The summed E-state index contributed by atoms with van der Waals surface area (Å²) < 4.78 is 38.1. The van der Waals surface area contributed by atoms with E-state index in [1.54, 1.807) is 0 Å². The van der Waals surface area contributed by atoms with Crippen molar-refractivity contribution in [2.24, 2.45) is 0 Å². The maximum absolute atomic E-state index is 13.6. The van der Waals surface area contributed by atoms with Crippen molar-refractivity contribution in [3.63, 3.8) is 0 Å². The van der Waals surface area contributed by atoms with Gasteiger partial charge in [0.25, 0.3) is 5.91 Å². The molecule has 23 heavy (non-hydrogen) atoms. The second-order valence-electron chi connectivity index (χ2n) is 5.17. The van der Waals surface area contributed by atoms with E-state index in [4.69, 9.17) is 0 Å². The second kappa shape index (κ2) is 6.78. The van der Waals surface area contributed by atoms with Crippen LogP contribution in [0.15, 0.2) is 48.5 Å². The molecule has 0 radical (unpaired) electrons. The molecule has 2 rings (SSSR count). The standard InChI is InChI=1S/C16H17FN2O3S/c1-11(12-6-4-3-5-7-12)18-16(20)13-8-9-14(17)15(10-13)19-23(2,21)22/h3-11,19H,1-2H3,(H,18,20)/t11-/m1/s1. The van der Waals surface area contributed by atoms with E-state index in [9.17, 15) is 17.6 Å². The van der Waals surface area contributed by atoms with Crippen LogP contribution in [0, 0.1) is 5.82 Å². The highest BCUT2D eigenvalue weighted by Gasteiger charge is 2.15. The summed E-state index contributed by atoms with van der Waals surface area (Å²) >= 11 is 0. The van der Waals surface area contributed by atoms with Crippen molar-refractivity contribution in [2.75, 3.05) is 11.0 Å². The van der Waals surface area contributed by atoms with Crippen molar-refractivity contribution in [2.45, 2.75) is 13.0 Å². The molecular formula is C16H17FN2O3S. The number of hydrogen-bond donors (Lipinski definition) is 2. The molecule has 1 amide bonds. The molecule has 122 valence electrons. The van der Waals surface area contributed by atoms with Crippen molar-refractivity contribution in [1.82, 2.24) is 5.32 Å². The molecule has 1 atom stereocenters. The van der Waals surface area contributed by atoms with Crippen LogP contribution < -0.4 is 10.0 Å². The van der Waals surface area contributed by atoms with Gasteiger partial charge in [-0.15, -0.1) is 0 Å². The molecular weight excluding hydrogens is 319 g/mol. The van der Waals surface area contributed by atoms with E-state index < -0.39 is 21.7 Å². The molecule has 0 aliphatic carbocycles. The smallest absolute Gasteiger partial charge is 0.251 e. The molecule has 0 saturated carbocycles. The van der Waals surface area contributed by atoms with Gasteiger partial charge in [0.1, 0.15) is 5.82 Å². The zero-order valence-electron chi connectivity index (χ0n) is 12.7. The first kappa shape index (κ1) is 17.0. The average Bonchev–Trinajstić information content (AvgIpc) is 2.49. The molecule has 0 aromatic heterocycles. The summed E-state index contributed by atoms with van der Waals surface area (Å²) in [5.74, 6) is -1.17. The first-order valence-corrected chi connectivity index (χ1v) is 8.78. The van der Waals surface area contributed by atoms with E-state index in [1.807, 2.05) is 42.0 Å². The summed E-state index contributed by atoms with van der Waals surface area (Å²) in [4.78, 5) is 12.2. The summed E-state index contributed by atoms with van der Waals surface area (Å²) in [7, 11) is -3.63. The Kier molecular flexibility index (Phi) is 5.00. The van der Waals surface area contributed by atoms with Gasteiger partial charge in [0.15, 0.2) is 0 Å². The molecule has 0 spiro atoms. The number of halogens is 1. The maximum atomic E-state index is 13.6. The average molecular weight is 336 g/mol. The van der Waals surface area contributed by atoms with Gasteiger partial charge in [-0.1, -0.05) is 30.3 Å². The lowest BCUT2D eigenvalue weighted by Gasteiger charge is -2.15. The number of amides is 1. The highest BCUT2D eigenvalue weighted by molar-refractivity contribution is 7.92. The minimum Gasteiger partial charge on any atom is -0.346 e. The van der Waals surface area contributed by atoms with Crippen LogP contribution in [0.1, 0.15) is 28.9 Å². The lowest BCUT2D eigenvalue weighted by molar-refractivity contribution is 0.0940. The summed E-state index contributed by atoms with van der Waals surface area (Å²) in [5, 5.41) is 2.78. The molecule has 7 heteroatoms. The fourth-order valence-corrected chi connectivity index (χ4v) is 2.61. The largest absolute Gasteiger partial charge is 0.346 e. The van der Waals surface area contributed by atoms with Gasteiger partial charge in [-0.25, -0.2) is 12.8 Å². The van der Waals surface area contributed by atoms with Crippen LogP contribution in [0.5, 0.6) is 0 Å². The van der Waals surface area contributed by atoms with Gasteiger partial charge in [-0.05, 0) is 30.7 Å². The van der Waals surface area contributed by atoms with E-state index in [0.717, 1.165) is 17.9 Å². The van der Waals surface area contributed by atoms with E-state index in [2.05, 4.69) is 5.32 Å². The van der Waals surface area contributed by atoms with Gasteiger partial charge in [-0.3, -0.25) is 9.52 Å². The molecule has 2 aromatic carbocycles. The molecule has 0 bridgehead atoms.